The molecule has 0 amide bonds. The number of anilines is 1. The number of thiazole rings is 1. The molecule has 0 aromatic carbocycles. The van der Waals surface area contributed by atoms with Gasteiger partial charge in [-0.15, -0.1) is 11.3 Å². The maximum Gasteiger partial charge on any atom is 0.183 e. The summed E-state index contributed by atoms with van der Waals surface area (Å²) in [5.74, 6) is 0.764. The van der Waals surface area contributed by atoms with Crippen LogP contribution in [0.4, 0.5) is 5.13 Å². The highest BCUT2D eigenvalue weighted by Crippen LogP contribution is 2.32. The van der Waals surface area contributed by atoms with Gasteiger partial charge in [-0.25, -0.2) is 4.98 Å². The van der Waals surface area contributed by atoms with E-state index in [0.29, 0.717) is 6.54 Å². The van der Waals surface area contributed by atoms with Crippen molar-refractivity contribution < 1.29 is 5.11 Å². The number of rotatable bonds is 3. The summed E-state index contributed by atoms with van der Waals surface area (Å²) in [5, 5.41) is 14.7. The third-order valence-electron chi connectivity index (χ3n) is 3.80. The van der Waals surface area contributed by atoms with E-state index in [1.54, 1.807) is 11.3 Å². The van der Waals surface area contributed by atoms with Gasteiger partial charge in [-0.3, -0.25) is 0 Å². The first-order chi connectivity index (χ1) is 7.98. The number of aryl methyl sites for hydroxylation is 2. The van der Waals surface area contributed by atoms with Crippen LogP contribution in [0.3, 0.4) is 0 Å². The van der Waals surface area contributed by atoms with Gasteiger partial charge in [0.05, 0.1) is 11.3 Å². The number of aromatic nitrogens is 1. The molecule has 3 nitrogen and oxygen atoms in total. The van der Waals surface area contributed by atoms with Crippen LogP contribution in [0.5, 0.6) is 0 Å². The molecule has 17 heavy (non-hydrogen) atoms. The predicted molar refractivity (Wildman–Crippen MR) is 72.7 cm³/mol. The number of hydrogen-bond donors (Lipinski definition) is 2. The fraction of sp³-hybridized carbons (Fsp3) is 0.769. The second kappa shape index (κ2) is 4.94. The Kier molecular flexibility index (Phi) is 3.73. The molecule has 2 N–H and O–H groups in total. The highest BCUT2D eigenvalue weighted by molar-refractivity contribution is 7.15. The SMILES string of the molecule is Cc1nc(NCC2(O)CCC(C)CC2)sc1C. The van der Waals surface area contributed by atoms with Crippen molar-refractivity contribution in [3.8, 4) is 0 Å². The standard InChI is InChI=1S/C13H22N2OS/c1-9-4-6-13(16,7-5-9)8-14-12-15-10(2)11(3)17-12/h9,16H,4-8H2,1-3H3,(H,14,15). The van der Waals surface area contributed by atoms with Gasteiger partial charge in [0.15, 0.2) is 5.13 Å². The van der Waals surface area contributed by atoms with Gasteiger partial charge >= 0.3 is 0 Å². The molecule has 96 valence electrons. The van der Waals surface area contributed by atoms with E-state index in [-0.39, 0.29) is 0 Å². The Bertz CT molecular complexity index is 361. The highest BCUT2D eigenvalue weighted by atomic mass is 32.1. The zero-order valence-corrected chi connectivity index (χ0v) is 11.7. The van der Waals surface area contributed by atoms with Crippen molar-refractivity contribution in [1.82, 2.24) is 4.98 Å². The molecule has 1 aromatic heterocycles. The third kappa shape index (κ3) is 3.19. The normalized spacial score (nSPS) is 29.3. The Labute approximate surface area is 107 Å². The minimum atomic E-state index is -0.528. The summed E-state index contributed by atoms with van der Waals surface area (Å²) in [7, 11) is 0. The maximum absolute atomic E-state index is 10.4. The minimum absolute atomic E-state index is 0.528. The monoisotopic (exact) mass is 254 g/mol. The van der Waals surface area contributed by atoms with E-state index >= 15 is 0 Å². The molecule has 1 saturated carbocycles. The lowest BCUT2D eigenvalue weighted by atomic mass is 9.79. The van der Waals surface area contributed by atoms with Gasteiger partial charge in [0.2, 0.25) is 0 Å². The molecular formula is C13H22N2OS. The Morgan fingerprint density at radius 3 is 2.59 bits per heavy atom. The van der Waals surface area contributed by atoms with Crippen molar-refractivity contribution in [1.29, 1.82) is 0 Å². The minimum Gasteiger partial charge on any atom is -0.388 e. The first-order valence-electron chi connectivity index (χ1n) is 6.39. The molecule has 2 rings (SSSR count). The summed E-state index contributed by atoms with van der Waals surface area (Å²) in [6, 6.07) is 0. The molecule has 0 spiro atoms. The number of aliphatic hydroxyl groups is 1. The average molecular weight is 254 g/mol. The smallest absolute Gasteiger partial charge is 0.183 e. The second-order valence-corrected chi connectivity index (χ2v) is 6.62. The third-order valence-corrected chi connectivity index (χ3v) is 4.83. The Morgan fingerprint density at radius 1 is 1.41 bits per heavy atom. The molecule has 1 fully saturated rings. The Hall–Kier alpha value is -0.610. The quantitative estimate of drug-likeness (QED) is 0.871. The lowest BCUT2D eigenvalue weighted by molar-refractivity contribution is 0.00501. The summed E-state index contributed by atoms with van der Waals surface area (Å²) in [6.45, 7) is 7.00. The predicted octanol–water partition coefficient (Wildman–Crippen LogP) is 3.11. The van der Waals surface area contributed by atoms with E-state index in [4.69, 9.17) is 0 Å². The number of hydrogen-bond acceptors (Lipinski definition) is 4. The molecule has 0 bridgehead atoms. The van der Waals surface area contributed by atoms with Crippen LogP contribution in [0.25, 0.3) is 0 Å². The highest BCUT2D eigenvalue weighted by Gasteiger charge is 2.31. The van der Waals surface area contributed by atoms with Crippen LogP contribution in [0.2, 0.25) is 0 Å². The van der Waals surface area contributed by atoms with Crippen molar-refractivity contribution in [3.63, 3.8) is 0 Å². The summed E-state index contributed by atoms with van der Waals surface area (Å²) in [6.07, 6.45) is 4.08. The van der Waals surface area contributed by atoms with Crippen molar-refractivity contribution in [2.45, 2.75) is 52.1 Å². The molecule has 0 radical (unpaired) electrons. The summed E-state index contributed by atoms with van der Waals surface area (Å²) in [5.41, 5.74) is 0.557. The van der Waals surface area contributed by atoms with Crippen molar-refractivity contribution in [2.24, 2.45) is 5.92 Å². The zero-order valence-electron chi connectivity index (χ0n) is 10.9. The van der Waals surface area contributed by atoms with Crippen LogP contribution in [-0.2, 0) is 0 Å². The van der Waals surface area contributed by atoms with E-state index < -0.39 is 5.60 Å². The molecule has 0 saturated heterocycles. The molecule has 1 heterocycles. The van der Waals surface area contributed by atoms with Gasteiger partial charge in [0, 0.05) is 11.4 Å². The largest absolute Gasteiger partial charge is 0.388 e. The van der Waals surface area contributed by atoms with Gasteiger partial charge in [-0.2, -0.15) is 0 Å². The second-order valence-electron chi connectivity index (χ2n) is 5.42. The lowest BCUT2D eigenvalue weighted by Gasteiger charge is -2.34. The molecule has 0 atom stereocenters. The van der Waals surface area contributed by atoms with Crippen molar-refractivity contribution in [3.05, 3.63) is 10.6 Å². The van der Waals surface area contributed by atoms with Gasteiger partial charge in [0.1, 0.15) is 0 Å². The first-order valence-corrected chi connectivity index (χ1v) is 7.20. The maximum atomic E-state index is 10.4. The molecule has 1 aromatic rings. The molecular weight excluding hydrogens is 232 g/mol. The van der Waals surface area contributed by atoms with Crippen LogP contribution in [0.1, 0.15) is 43.2 Å². The van der Waals surface area contributed by atoms with Gasteiger partial charge < -0.3 is 10.4 Å². The molecule has 0 unspecified atom stereocenters. The van der Waals surface area contributed by atoms with Gasteiger partial charge in [-0.1, -0.05) is 6.92 Å². The summed E-state index contributed by atoms with van der Waals surface area (Å²) < 4.78 is 0. The first kappa shape index (κ1) is 12.8. The molecule has 1 aliphatic rings. The fourth-order valence-corrected chi connectivity index (χ4v) is 3.08. The van der Waals surface area contributed by atoms with Crippen LogP contribution >= 0.6 is 11.3 Å². The van der Waals surface area contributed by atoms with Crippen molar-refractivity contribution >= 4 is 16.5 Å². The molecule has 0 aliphatic heterocycles. The number of nitrogens with zero attached hydrogens (tertiary/aromatic N) is 1. The van der Waals surface area contributed by atoms with Gasteiger partial charge in [0.25, 0.3) is 0 Å². The van der Waals surface area contributed by atoms with Crippen LogP contribution in [0, 0.1) is 19.8 Å². The number of nitrogens with one attached hydrogen (secondary N) is 1. The van der Waals surface area contributed by atoms with E-state index in [0.717, 1.165) is 42.4 Å². The average Bonchev–Trinajstić information content (AvgIpc) is 2.61. The fourth-order valence-electron chi connectivity index (χ4n) is 2.26. The molecule has 1 aliphatic carbocycles. The summed E-state index contributed by atoms with van der Waals surface area (Å²) >= 11 is 1.67. The van der Waals surface area contributed by atoms with E-state index in [1.807, 2.05) is 6.92 Å². The van der Waals surface area contributed by atoms with Gasteiger partial charge in [-0.05, 0) is 45.4 Å². The molecule has 4 heteroatoms. The van der Waals surface area contributed by atoms with E-state index in [1.165, 1.54) is 4.88 Å². The van der Waals surface area contributed by atoms with Crippen LogP contribution in [0.15, 0.2) is 0 Å². The zero-order chi connectivity index (χ0) is 12.5. The topological polar surface area (TPSA) is 45.2 Å². The van der Waals surface area contributed by atoms with Crippen LogP contribution in [-0.4, -0.2) is 22.2 Å². The Balaban J connectivity index is 1.89. The van der Waals surface area contributed by atoms with E-state index in [9.17, 15) is 5.11 Å². The van der Waals surface area contributed by atoms with Crippen molar-refractivity contribution in [2.75, 3.05) is 11.9 Å². The lowest BCUT2D eigenvalue weighted by Crippen LogP contribution is -2.40. The summed E-state index contributed by atoms with van der Waals surface area (Å²) in [4.78, 5) is 5.68. The Morgan fingerprint density at radius 2 is 2.06 bits per heavy atom. The van der Waals surface area contributed by atoms with Crippen LogP contribution < -0.4 is 5.32 Å². The van der Waals surface area contributed by atoms with E-state index in [2.05, 4.69) is 24.1 Å².